The van der Waals surface area contributed by atoms with Gasteiger partial charge in [-0.2, -0.15) is 0 Å². The Balaban J connectivity index is 1.13. The van der Waals surface area contributed by atoms with Gasteiger partial charge in [-0.05, 0) is 154 Å². The Labute approximate surface area is 468 Å². The van der Waals surface area contributed by atoms with Crippen molar-refractivity contribution in [2.24, 2.45) is 0 Å². The van der Waals surface area contributed by atoms with Crippen LogP contribution in [0.15, 0.2) is 212 Å². The number of hydrogen-bond acceptors (Lipinski definition) is 3. The molecule has 0 aliphatic heterocycles. The second kappa shape index (κ2) is 19.3. The molecule has 0 unspecified atom stereocenters. The molecule has 12 aromatic rings. The summed E-state index contributed by atoms with van der Waals surface area (Å²) in [5.41, 5.74) is 15.9. The SMILES string of the molecule is CC(C)(C)c1ccc(N(c2cc(Cl)cc(N(c3ccc(-c4ccccc4-c4ccccc4)cc3)c3ccc(C(C)(C)C)cc3-c3ccc4ccc5cccc6ccc3c4c56)c2Cl)c2csc3ccc(C(C)(C)C)cc23)cc1. The van der Waals surface area contributed by atoms with Crippen molar-refractivity contribution in [3.63, 3.8) is 0 Å². The van der Waals surface area contributed by atoms with Gasteiger partial charge >= 0.3 is 0 Å². The monoisotopic (exact) mass is 1060 g/mol. The molecule has 0 saturated carbocycles. The maximum Gasteiger partial charge on any atom is 0.0888 e. The Morgan fingerprint density at radius 1 is 0.351 bits per heavy atom. The van der Waals surface area contributed by atoms with Crippen LogP contribution in [0.25, 0.3) is 75.8 Å². The number of rotatable bonds is 9. The van der Waals surface area contributed by atoms with Crippen LogP contribution in [-0.4, -0.2) is 0 Å². The number of hydrogen-bond donors (Lipinski definition) is 0. The fraction of sp³-hybridized carbons (Fsp3) is 0.167. The Kier molecular flexibility index (Phi) is 12.6. The first-order valence-corrected chi connectivity index (χ1v) is 28.3. The Hall–Kier alpha value is -7.40. The van der Waals surface area contributed by atoms with E-state index < -0.39 is 0 Å². The molecule has 2 nitrogen and oxygen atoms in total. The van der Waals surface area contributed by atoms with E-state index >= 15 is 0 Å². The first-order chi connectivity index (χ1) is 36.9. The van der Waals surface area contributed by atoms with Crippen molar-refractivity contribution in [2.75, 3.05) is 9.80 Å². The summed E-state index contributed by atoms with van der Waals surface area (Å²) in [4.78, 5) is 4.66. The zero-order chi connectivity index (χ0) is 53.5. The van der Waals surface area contributed by atoms with E-state index in [0.717, 1.165) is 61.8 Å². The van der Waals surface area contributed by atoms with Crippen LogP contribution in [0.4, 0.5) is 34.1 Å². The quantitative estimate of drug-likeness (QED) is 0.133. The first kappa shape index (κ1) is 50.4. The van der Waals surface area contributed by atoms with Crippen molar-refractivity contribution in [3.05, 3.63) is 238 Å². The van der Waals surface area contributed by atoms with Crippen LogP contribution >= 0.6 is 34.5 Å². The number of halogens is 2. The largest absolute Gasteiger partial charge is 0.308 e. The maximum absolute atomic E-state index is 8.27. The minimum absolute atomic E-state index is 0.0322. The van der Waals surface area contributed by atoms with Gasteiger partial charge < -0.3 is 9.80 Å². The molecule has 380 valence electrons. The molecule has 0 fully saturated rings. The molecule has 1 heterocycles. The lowest BCUT2D eigenvalue weighted by molar-refractivity contribution is 0.590. The van der Waals surface area contributed by atoms with Gasteiger partial charge in [-0.1, -0.05) is 231 Å². The summed E-state index contributed by atoms with van der Waals surface area (Å²) in [7, 11) is 0. The van der Waals surface area contributed by atoms with Crippen LogP contribution < -0.4 is 9.80 Å². The predicted octanol–water partition coefficient (Wildman–Crippen LogP) is 22.9. The number of fused-ring (bicyclic) bond motifs is 1. The molecule has 0 bridgehead atoms. The highest BCUT2D eigenvalue weighted by molar-refractivity contribution is 7.17. The fourth-order valence-electron chi connectivity index (χ4n) is 11.2. The van der Waals surface area contributed by atoms with Crippen LogP contribution in [0.1, 0.15) is 79.0 Å². The first-order valence-electron chi connectivity index (χ1n) is 26.7. The molecular formula is C72H62Cl2N2S. The highest BCUT2D eigenvalue weighted by atomic mass is 35.5. The minimum atomic E-state index is -0.143. The summed E-state index contributed by atoms with van der Waals surface area (Å²) in [5.74, 6) is 0. The van der Waals surface area contributed by atoms with E-state index in [4.69, 9.17) is 23.2 Å². The lowest BCUT2D eigenvalue weighted by Gasteiger charge is -2.33. The third-order valence-corrected chi connectivity index (χ3v) is 17.1. The molecule has 77 heavy (non-hydrogen) atoms. The molecule has 0 N–H and O–H groups in total. The van der Waals surface area contributed by atoms with Gasteiger partial charge in [0.2, 0.25) is 0 Å². The molecule has 0 saturated heterocycles. The fourth-order valence-corrected chi connectivity index (χ4v) is 12.6. The van der Waals surface area contributed by atoms with Gasteiger partial charge in [0.15, 0.2) is 0 Å². The van der Waals surface area contributed by atoms with E-state index in [-0.39, 0.29) is 16.2 Å². The number of thiophene rings is 1. The number of benzene rings is 11. The van der Waals surface area contributed by atoms with Crippen molar-refractivity contribution in [2.45, 2.75) is 78.6 Å². The Bertz CT molecular complexity index is 4150. The summed E-state index contributed by atoms with van der Waals surface area (Å²) in [6, 6.07) is 75.6. The summed E-state index contributed by atoms with van der Waals surface area (Å²) in [5, 5.41) is 12.0. The number of anilines is 6. The van der Waals surface area contributed by atoms with Gasteiger partial charge in [0.1, 0.15) is 0 Å². The smallest absolute Gasteiger partial charge is 0.0888 e. The van der Waals surface area contributed by atoms with E-state index in [1.54, 1.807) is 11.3 Å². The van der Waals surface area contributed by atoms with Gasteiger partial charge in [-0.3, -0.25) is 0 Å². The second-order valence-corrected chi connectivity index (χ2v) is 25.4. The molecule has 0 aliphatic carbocycles. The molecular weight excluding hydrogens is 996 g/mol. The highest BCUT2D eigenvalue weighted by Crippen LogP contribution is 2.53. The minimum Gasteiger partial charge on any atom is -0.308 e. The van der Waals surface area contributed by atoms with Crippen molar-refractivity contribution in [3.8, 4) is 33.4 Å². The predicted molar refractivity (Wildman–Crippen MR) is 337 cm³/mol. The van der Waals surface area contributed by atoms with Crippen LogP contribution in [0.2, 0.25) is 10.0 Å². The molecule has 0 spiro atoms. The molecule has 1 aromatic heterocycles. The molecule has 0 amide bonds. The van der Waals surface area contributed by atoms with Gasteiger partial charge in [-0.25, -0.2) is 0 Å². The third kappa shape index (κ3) is 9.23. The van der Waals surface area contributed by atoms with Crippen LogP contribution in [-0.2, 0) is 16.2 Å². The molecule has 5 heteroatoms. The van der Waals surface area contributed by atoms with E-state index in [1.165, 1.54) is 64.8 Å². The average Bonchev–Trinajstić information content (AvgIpc) is 3.91. The lowest BCUT2D eigenvalue weighted by atomic mass is 9.83. The van der Waals surface area contributed by atoms with E-state index in [2.05, 4.69) is 272 Å². The highest BCUT2D eigenvalue weighted by Gasteiger charge is 2.29. The lowest BCUT2D eigenvalue weighted by Crippen LogP contribution is -2.17. The average molecular weight is 1060 g/mol. The van der Waals surface area contributed by atoms with E-state index in [1.807, 2.05) is 12.1 Å². The number of nitrogens with zero attached hydrogens (tertiary/aromatic N) is 2. The van der Waals surface area contributed by atoms with E-state index in [9.17, 15) is 0 Å². The summed E-state index contributed by atoms with van der Waals surface area (Å²) in [6.45, 7) is 20.5. The van der Waals surface area contributed by atoms with Crippen molar-refractivity contribution in [1.29, 1.82) is 0 Å². The van der Waals surface area contributed by atoms with Crippen molar-refractivity contribution < 1.29 is 0 Å². The van der Waals surface area contributed by atoms with Crippen LogP contribution in [0.5, 0.6) is 0 Å². The zero-order valence-corrected chi connectivity index (χ0v) is 47.6. The second-order valence-electron chi connectivity index (χ2n) is 23.7. The summed E-state index contributed by atoms with van der Waals surface area (Å²) < 4.78 is 1.20. The topological polar surface area (TPSA) is 6.48 Å². The van der Waals surface area contributed by atoms with Gasteiger partial charge in [-0.15, -0.1) is 11.3 Å². The molecule has 0 aliphatic rings. The molecule has 11 aromatic carbocycles. The zero-order valence-electron chi connectivity index (χ0n) is 45.3. The normalized spacial score (nSPS) is 12.4. The molecule has 0 radical (unpaired) electrons. The third-order valence-electron chi connectivity index (χ3n) is 15.5. The standard InChI is InChI=1S/C72H62Cl2N2S/c1-70(2,3)50-28-34-55(35-29-50)76(65-44-77-66-39-31-52(41-61(65)66)72(7,8)9)64-43-53(73)42-63(69(64)74)75(54-32-24-46(25-33-54)57-21-14-13-20-56(57)45-16-11-10-12-17-45)62-38-30-51(71(4,5)6)40-60(62)58-36-26-49-23-22-47-18-15-19-48-27-37-59(58)68(49)67(47)48/h10-44H,1-9H3. The summed E-state index contributed by atoms with van der Waals surface area (Å²) >= 11 is 17.6. The molecule has 12 rings (SSSR count). The van der Waals surface area contributed by atoms with Crippen molar-refractivity contribution >= 4 is 111 Å². The van der Waals surface area contributed by atoms with Crippen LogP contribution in [0.3, 0.4) is 0 Å². The molecule has 0 atom stereocenters. The van der Waals surface area contributed by atoms with Crippen LogP contribution in [0, 0.1) is 0 Å². The van der Waals surface area contributed by atoms with Crippen molar-refractivity contribution in [1.82, 2.24) is 0 Å². The summed E-state index contributed by atoms with van der Waals surface area (Å²) in [6.07, 6.45) is 0. The maximum atomic E-state index is 8.27. The van der Waals surface area contributed by atoms with Gasteiger partial charge in [0, 0.05) is 37.4 Å². The van der Waals surface area contributed by atoms with E-state index in [0.29, 0.717) is 10.0 Å². The Morgan fingerprint density at radius 2 is 0.857 bits per heavy atom. The van der Waals surface area contributed by atoms with Gasteiger partial charge in [0.25, 0.3) is 0 Å². The Morgan fingerprint density at radius 3 is 1.48 bits per heavy atom. The van der Waals surface area contributed by atoms with Gasteiger partial charge in [0.05, 0.1) is 27.8 Å².